The molecule has 0 aliphatic rings. The van der Waals surface area contributed by atoms with Gasteiger partial charge in [-0.05, 0) is 24.2 Å². The summed E-state index contributed by atoms with van der Waals surface area (Å²) >= 11 is 0. The molecule has 0 bridgehead atoms. The van der Waals surface area contributed by atoms with Crippen molar-refractivity contribution in [2.75, 3.05) is 13.1 Å². The molecule has 84 valence electrons. The van der Waals surface area contributed by atoms with Gasteiger partial charge < -0.3 is 0 Å². The molecule has 0 aromatic heterocycles. The van der Waals surface area contributed by atoms with E-state index in [2.05, 4.69) is 48.4 Å². The molecule has 0 aliphatic carbocycles. The molecule has 0 saturated heterocycles. The molecule has 15 heavy (non-hydrogen) atoms. The molecule has 0 radical (unpaired) electrons. The molecule has 0 saturated carbocycles. The molecule has 3 N–H and O–H groups in total. The highest BCUT2D eigenvalue weighted by Gasteiger charge is 2.04. The van der Waals surface area contributed by atoms with Gasteiger partial charge in [0.2, 0.25) is 0 Å². The van der Waals surface area contributed by atoms with Crippen molar-refractivity contribution in [3.8, 4) is 0 Å². The Hall–Kier alpha value is -0.900. The Morgan fingerprint density at radius 3 is 2.27 bits per heavy atom. The number of nitrogens with one attached hydrogen (secondary N) is 1. The highest BCUT2D eigenvalue weighted by atomic mass is 15.2. The Balaban J connectivity index is 2.73. The first kappa shape index (κ1) is 12.2. The van der Waals surface area contributed by atoms with Crippen molar-refractivity contribution >= 4 is 0 Å². The Morgan fingerprint density at radius 1 is 1.13 bits per heavy atom. The van der Waals surface area contributed by atoms with Gasteiger partial charge >= 0.3 is 0 Å². The van der Waals surface area contributed by atoms with Crippen LogP contribution in [0, 0.1) is 0 Å². The van der Waals surface area contributed by atoms with Gasteiger partial charge in [0.25, 0.3) is 0 Å². The van der Waals surface area contributed by atoms with Crippen LogP contribution >= 0.6 is 0 Å². The zero-order valence-electron chi connectivity index (χ0n) is 9.66. The average molecular weight is 207 g/mol. The molecule has 0 atom stereocenters. The Bertz CT molecular complexity index is 282. The van der Waals surface area contributed by atoms with Crippen molar-refractivity contribution in [1.82, 2.24) is 10.3 Å². The van der Waals surface area contributed by atoms with E-state index in [-0.39, 0.29) is 0 Å². The maximum absolute atomic E-state index is 5.36. The van der Waals surface area contributed by atoms with Gasteiger partial charge in [-0.15, -0.1) is 0 Å². The van der Waals surface area contributed by atoms with E-state index in [0.717, 1.165) is 26.2 Å². The molecule has 0 fully saturated rings. The first-order chi connectivity index (χ1) is 7.31. The lowest BCUT2D eigenvalue weighted by Crippen LogP contribution is -2.25. The van der Waals surface area contributed by atoms with Crippen LogP contribution in [0.4, 0.5) is 0 Å². The number of hydrogen-bond donors (Lipinski definition) is 2. The Labute approximate surface area is 92.2 Å². The summed E-state index contributed by atoms with van der Waals surface area (Å²) < 4.78 is 0. The lowest BCUT2D eigenvalue weighted by atomic mass is 10.1. The summed E-state index contributed by atoms with van der Waals surface area (Å²) in [5, 5.41) is 0. The predicted octanol–water partition coefficient (Wildman–Crippen LogP) is 1.49. The van der Waals surface area contributed by atoms with E-state index in [9.17, 15) is 0 Å². The van der Waals surface area contributed by atoms with Crippen LogP contribution < -0.4 is 11.3 Å². The highest BCUT2D eigenvalue weighted by molar-refractivity contribution is 5.26. The van der Waals surface area contributed by atoms with E-state index in [4.69, 9.17) is 5.84 Å². The molecular formula is C12H21N3. The minimum atomic E-state index is 0.734. The van der Waals surface area contributed by atoms with Crippen LogP contribution in [0.5, 0.6) is 0 Å². The van der Waals surface area contributed by atoms with Crippen molar-refractivity contribution in [3.05, 3.63) is 35.4 Å². The van der Waals surface area contributed by atoms with Crippen LogP contribution in [-0.2, 0) is 13.1 Å². The van der Waals surface area contributed by atoms with Gasteiger partial charge in [-0.1, -0.05) is 38.1 Å². The van der Waals surface area contributed by atoms with Crippen molar-refractivity contribution in [2.45, 2.75) is 26.9 Å². The average Bonchev–Trinajstić information content (AvgIpc) is 2.28. The second kappa shape index (κ2) is 6.56. The van der Waals surface area contributed by atoms with E-state index in [1.807, 2.05) is 0 Å². The first-order valence-corrected chi connectivity index (χ1v) is 5.54. The number of benzene rings is 1. The van der Waals surface area contributed by atoms with Gasteiger partial charge in [-0.2, -0.15) is 0 Å². The predicted molar refractivity (Wildman–Crippen MR) is 64.1 cm³/mol. The Kier molecular flexibility index (Phi) is 5.32. The summed E-state index contributed by atoms with van der Waals surface area (Å²) in [4.78, 5) is 2.40. The van der Waals surface area contributed by atoms with Gasteiger partial charge in [-0.25, -0.2) is 0 Å². The molecule has 1 aromatic carbocycles. The molecule has 3 nitrogen and oxygen atoms in total. The molecule has 0 aliphatic heterocycles. The molecule has 0 spiro atoms. The number of nitrogens with two attached hydrogens (primary N) is 1. The van der Waals surface area contributed by atoms with E-state index in [0.29, 0.717) is 0 Å². The van der Waals surface area contributed by atoms with Gasteiger partial charge in [0, 0.05) is 13.1 Å². The van der Waals surface area contributed by atoms with Crippen LogP contribution in [0.25, 0.3) is 0 Å². The maximum Gasteiger partial charge on any atom is 0.0351 e. The summed E-state index contributed by atoms with van der Waals surface area (Å²) in [5.41, 5.74) is 5.36. The van der Waals surface area contributed by atoms with Crippen molar-refractivity contribution < 1.29 is 0 Å². The second-order valence-corrected chi connectivity index (χ2v) is 3.61. The van der Waals surface area contributed by atoms with Gasteiger partial charge in [0.05, 0.1) is 0 Å². The lowest BCUT2D eigenvalue weighted by Gasteiger charge is -2.20. The number of hydrogen-bond acceptors (Lipinski definition) is 3. The topological polar surface area (TPSA) is 41.3 Å². The molecule has 0 unspecified atom stereocenters. The summed E-state index contributed by atoms with van der Waals surface area (Å²) in [7, 11) is 0. The zero-order valence-corrected chi connectivity index (χ0v) is 9.66. The van der Waals surface area contributed by atoms with Crippen LogP contribution in [0.15, 0.2) is 24.3 Å². The highest BCUT2D eigenvalue weighted by Crippen LogP contribution is 2.11. The second-order valence-electron chi connectivity index (χ2n) is 3.61. The lowest BCUT2D eigenvalue weighted by molar-refractivity contribution is 0.295. The molecular weight excluding hydrogens is 186 g/mol. The third-order valence-electron chi connectivity index (χ3n) is 2.70. The monoisotopic (exact) mass is 207 g/mol. The van der Waals surface area contributed by atoms with Crippen LogP contribution in [0.3, 0.4) is 0 Å². The minimum absolute atomic E-state index is 0.734. The standard InChI is InChI=1S/C12H21N3/c1-3-15(4-2)10-12-8-6-5-7-11(12)9-14-13/h5-8,14H,3-4,9-10,13H2,1-2H3. The van der Waals surface area contributed by atoms with E-state index < -0.39 is 0 Å². The van der Waals surface area contributed by atoms with E-state index in [1.54, 1.807) is 0 Å². The molecule has 1 rings (SSSR count). The summed E-state index contributed by atoms with van der Waals surface area (Å²) in [5.74, 6) is 5.36. The fourth-order valence-electron chi connectivity index (χ4n) is 1.68. The summed E-state index contributed by atoms with van der Waals surface area (Å²) in [6.07, 6.45) is 0. The Morgan fingerprint density at radius 2 is 1.73 bits per heavy atom. The van der Waals surface area contributed by atoms with Gasteiger partial charge in [0.1, 0.15) is 0 Å². The molecule has 0 heterocycles. The van der Waals surface area contributed by atoms with Crippen LogP contribution in [0.1, 0.15) is 25.0 Å². The molecule has 0 amide bonds. The fraction of sp³-hybridized carbons (Fsp3) is 0.500. The first-order valence-electron chi connectivity index (χ1n) is 5.54. The van der Waals surface area contributed by atoms with E-state index >= 15 is 0 Å². The number of hydrazine groups is 1. The SMILES string of the molecule is CCN(CC)Cc1ccccc1CNN. The molecule has 1 aromatic rings. The smallest absolute Gasteiger partial charge is 0.0351 e. The summed E-state index contributed by atoms with van der Waals surface area (Å²) in [6.45, 7) is 8.28. The number of rotatable bonds is 6. The van der Waals surface area contributed by atoms with Gasteiger partial charge in [-0.3, -0.25) is 16.2 Å². The van der Waals surface area contributed by atoms with Gasteiger partial charge in [0.15, 0.2) is 0 Å². The quantitative estimate of drug-likeness (QED) is 0.548. The van der Waals surface area contributed by atoms with Crippen molar-refractivity contribution in [1.29, 1.82) is 0 Å². The fourth-order valence-corrected chi connectivity index (χ4v) is 1.68. The van der Waals surface area contributed by atoms with Crippen LogP contribution in [-0.4, -0.2) is 18.0 Å². The van der Waals surface area contributed by atoms with Crippen molar-refractivity contribution in [3.63, 3.8) is 0 Å². The third-order valence-corrected chi connectivity index (χ3v) is 2.70. The van der Waals surface area contributed by atoms with E-state index in [1.165, 1.54) is 11.1 Å². The molecule has 3 heteroatoms. The largest absolute Gasteiger partial charge is 0.300 e. The third kappa shape index (κ3) is 3.63. The maximum atomic E-state index is 5.36. The number of nitrogens with zero attached hydrogens (tertiary/aromatic N) is 1. The minimum Gasteiger partial charge on any atom is -0.300 e. The van der Waals surface area contributed by atoms with Crippen LogP contribution in [0.2, 0.25) is 0 Å². The van der Waals surface area contributed by atoms with Crippen molar-refractivity contribution in [2.24, 2.45) is 5.84 Å². The zero-order chi connectivity index (χ0) is 11.1. The normalized spacial score (nSPS) is 10.9. The summed E-state index contributed by atoms with van der Waals surface area (Å²) in [6, 6.07) is 8.43.